The van der Waals surface area contributed by atoms with Crippen LogP contribution in [0.4, 0.5) is 14.0 Å². The number of amides is 6. The van der Waals surface area contributed by atoms with Gasteiger partial charge in [-0.25, -0.2) is 18.8 Å². The molecule has 1 aliphatic carbocycles. The number of nitrogens with two attached hydrogens (primary N) is 1. The van der Waals surface area contributed by atoms with Crippen molar-refractivity contribution in [2.24, 2.45) is 17.6 Å². The number of carboxylic acid groups (broad SMARTS) is 4. The fraction of sp³-hybridized carbons (Fsp3) is 0.437. The maximum absolute atomic E-state index is 14.4. The van der Waals surface area contributed by atoms with Gasteiger partial charge in [0.25, 0.3) is 12.0 Å². The summed E-state index contributed by atoms with van der Waals surface area (Å²) < 4.78 is 25.6. The number of aliphatic hydroxyl groups is 1. The number of Topliss-reactive ketones (excluding diaryl/α,β-unsaturated/α-hetero) is 2. The average molecular weight is 1480 g/mol. The van der Waals surface area contributed by atoms with Crippen molar-refractivity contribution in [3.63, 3.8) is 0 Å². The van der Waals surface area contributed by atoms with Gasteiger partial charge in [-0.05, 0) is 80.8 Å². The minimum Gasteiger partial charge on any atom is -0.481 e. The Balaban J connectivity index is 0.926. The van der Waals surface area contributed by atoms with E-state index in [1.807, 2.05) is 6.92 Å². The van der Waals surface area contributed by atoms with Crippen molar-refractivity contribution in [1.29, 1.82) is 0 Å². The predicted octanol–water partition coefficient (Wildman–Crippen LogP) is 4.52. The lowest BCUT2D eigenvalue weighted by atomic mass is 9.89. The van der Waals surface area contributed by atoms with Crippen molar-refractivity contribution < 1.29 is 102 Å². The number of hydrogen-bond acceptors (Lipinski definition) is 21. The normalized spacial score (nSPS) is 13.8. The highest BCUT2D eigenvalue weighted by molar-refractivity contribution is 8.76. The van der Waals surface area contributed by atoms with Crippen LogP contribution in [0.2, 0.25) is 0 Å². The van der Waals surface area contributed by atoms with Crippen molar-refractivity contribution in [1.82, 2.24) is 41.8 Å². The van der Waals surface area contributed by atoms with Gasteiger partial charge in [-0.2, -0.15) is 0 Å². The quantitative estimate of drug-likeness (QED) is 0.0108. The standard InChI is InChI=1S/C71H86FN9O21S2/c1-41-18-20-47-50(31-41)67(94)81(63-48-21-19-46(72)36-49(48)64(91)62(47)63)28-12-27-75-71(100)101-29-30-103-104-39-45(68(95)96)35-56(84)54(37-61(89)90)78-66(93)51(73)38-76-65(92)44(32-42-13-6-4-7-14-42)34-55(83)53(33-43-15-8-5-9-16-43)77-58(86)17-10-2-3-11-26-74-57(85)23-22-52(69(97)98)79-70(99)80-59(102-40-82)24-25-60(87)88/h4-9,13-16,18-21,31,36,40,44-45,51-54,59,65,76,92H,2-3,10-12,17,22-30,32-35,37-39,73H2,1H3,(H,74,85)(H,75,100)(H,77,86)(H,78,93)(H,87,88)(H,89,90)(H,95,96)(H,97,98)(H2,79,80,99)/t44-,45+,51-,52+,53-,54-,59-,65+/m0/s1. The summed E-state index contributed by atoms with van der Waals surface area (Å²) in [6, 6.07) is 19.9. The highest BCUT2D eigenvalue weighted by Gasteiger charge is 2.35. The van der Waals surface area contributed by atoms with Gasteiger partial charge in [0.05, 0.1) is 48.1 Å². The van der Waals surface area contributed by atoms with E-state index in [1.54, 1.807) is 78.9 Å². The minimum absolute atomic E-state index is 0.00416. The van der Waals surface area contributed by atoms with Crippen LogP contribution in [0.25, 0.3) is 22.0 Å². The zero-order valence-corrected chi connectivity index (χ0v) is 58.6. The van der Waals surface area contributed by atoms with E-state index in [-0.39, 0.29) is 107 Å². The second-order valence-corrected chi connectivity index (χ2v) is 27.4. The molecule has 0 saturated carbocycles. The van der Waals surface area contributed by atoms with Gasteiger partial charge in [0, 0.05) is 97.6 Å². The Bertz CT molecular complexity index is 3930. The number of aliphatic hydroxyl groups excluding tert-OH is 1. The van der Waals surface area contributed by atoms with Crippen molar-refractivity contribution in [2.45, 2.75) is 146 Å². The SMILES string of the molecule is Cc1ccc2c3c(n(CCCNC(=O)OCCSSC[C@@H](CC(=O)[C@H](CC(=O)O)NC(=O)[C@@H](N)CN[C@H](O)[C@H](CC(=O)[C@H](Cc4ccccc4)NC(=O)CCCCCCNC(=O)CC[C@@H](NC(=O)N[C@H](CCC(=O)O)OC=O)C(=O)O)Cc4ccccc4)C(=O)O)c(=O)c2c1)-c1ccc(F)cc1C3=O. The Labute approximate surface area is 604 Å². The van der Waals surface area contributed by atoms with Crippen LogP contribution in [-0.2, 0) is 76.8 Å². The summed E-state index contributed by atoms with van der Waals surface area (Å²) in [6.07, 6.45) is -4.31. The molecular formula is C71H86FN9O21S2. The molecule has 33 heteroatoms. The number of carbonyl (C=O) groups excluding carboxylic acids is 9. The smallest absolute Gasteiger partial charge is 0.407 e. The Morgan fingerprint density at radius 1 is 0.644 bits per heavy atom. The number of halogens is 1. The number of urea groups is 1. The van der Waals surface area contributed by atoms with E-state index < -0.39 is 151 Å². The highest BCUT2D eigenvalue weighted by atomic mass is 33.1. The number of ether oxygens (including phenoxy) is 2. The highest BCUT2D eigenvalue weighted by Crippen LogP contribution is 2.40. The summed E-state index contributed by atoms with van der Waals surface area (Å²) in [5.41, 5.74) is 9.38. The van der Waals surface area contributed by atoms with E-state index in [2.05, 4.69) is 42.0 Å². The van der Waals surface area contributed by atoms with Gasteiger partial charge >= 0.3 is 36.0 Å². The second kappa shape index (κ2) is 42.5. The van der Waals surface area contributed by atoms with Crippen LogP contribution in [0.15, 0.2) is 102 Å². The van der Waals surface area contributed by atoms with Crippen LogP contribution in [0.5, 0.6) is 0 Å². The molecule has 6 rings (SSSR count). The van der Waals surface area contributed by atoms with Crippen LogP contribution in [0.1, 0.15) is 116 Å². The monoisotopic (exact) mass is 1480 g/mol. The molecule has 1 aromatic heterocycles. The van der Waals surface area contributed by atoms with E-state index >= 15 is 0 Å². The number of carboxylic acids is 4. The second-order valence-electron chi connectivity index (χ2n) is 24.7. The number of aliphatic carboxylic acids is 4. The van der Waals surface area contributed by atoms with Gasteiger partial charge < -0.3 is 77.2 Å². The lowest BCUT2D eigenvalue weighted by molar-refractivity contribution is -0.144. The molecule has 30 nitrogen and oxygen atoms in total. The Hall–Kier alpha value is -10.1. The van der Waals surface area contributed by atoms with E-state index in [0.717, 1.165) is 44.3 Å². The summed E-state index contributed by atoms with van der Waals surface area (Å²) in [6.45, 7) is 1.63. The number of nitrogens with zero attached hydrogens (tertiary/aromatic N) is 1. The first kappa shape index (κ1) is 82.9. The molecule has 0 bridgehead atoms. The number of aryl methyl sites for hydroxylation is 1. The third-order valence-corrected chi connectivity index (χ3v) is 19.2. The molecule has 14 N–H and O–H groups in total. The Morgan fingerprint density at radius 2 is 1.33 bits per heavy atom. The van der Waals surface area contributed by atoms with Crippen molar-refractivity contribution in [2.75, 3.05) is 37.7 Å². The van der Waals surface area contributed by atoms with E-state index in [9.17, 15) is 91.9 Å². The van der Waals surface area contributed by atoms with E-state index in [4.69, 9.17) is 15.6 Å². The van der Waals surface area contributed by atoms with Gasteiger partial charge in [0.15, 0.2) is 23.6 Å². The fourth-order valence-corrected chi connectivity index (χ4v) is 13.5. The van der Waals surface area contributed by atoms with Crippen molar-refractivity contribution >= 4 is 110 Å². The van der Waals surface area contributed by atoms with Crippen molar-refractivity contribution in [3.05, 3.63) is 141 Å². The van der Waals surface area contributed by atoms with Crippen LogP contribution in [0, 0.1) is 24.6 Å². The maximum atomic E-state index is 14.4. The Kier molecular flexibility index (Phi) is 33.9. The molecule has 1 heterocycles. The number of pyridine rings is 1. The van der Waals surface area contributed by atoms with E-state index in [0.29, 0.717) is 53.3 Å². The number of benzene rings is 4. The molecule has 0 saturated heterocycles. The number of nitrogens with one attached hydrogen (secondary N) is 7. The van der Waals surface area contributed by atoms with E-state index in [1.165, 1.54) is 16.7 Å². The number of fused-ring (bicyclic) bond motifs is 5. The summed E-state index contributed by atoms with van der Waals surface area (Å²) in [4.78, 5) is 178. The maximum Gasteiger partial charge on any atom is 0.407 e. The lowest BCUT2D eigenvalue weighted by Gasteiger charge is -2.27. The van der Waals surface area contributed by atoms with Crippen LogP contribution >= 0.6 is 21.6 Å². The zero-order chi connectivity index (χ0) is 75.8. The summed E-state index contributed by atoms with van der Waals surface area (Å²) in [7, 11) is 2.18. The number of hydrogen-bond donors (Lipinski definition) is 13. The average Bonchev–Trinajstić information content (AvgIpc) is 1.54. The molecule has 104 heavy (non-hydrogen) atoms. The van der Waals surface area contributed by atoms with Gasteiger partial charge in [-0.15, -0.1) is 0 Å². The molecule has 1 aliphatic rings. The lowest BCUT2D eigenvalue weighted by Crippen LogP contribution is -2.54. The van der Waals surface area contributed by atoms with Gasteiger partial charge in [0.1, 0.15) is 24.7 Å². The first-order chi connectivity index (χ1) is 49.7. The zero-order valence-electron chi connectivity index (χ0n) is 57.0. The van der Waals surface area contributed by atoms with Gasteiger partial charge in [-0.3, -0.25) is 58.1 Å². The fourth-order valence-electron chi connectivity index (χ4n) is 11.4. The first-order valence-electron chi connectivity index (χ1n) is 33.6. The molecule has 560 valence electrons. The first-order valence-corrected chi connectivity index (χ1v) is 36.1. The topological polar surface area (TPSA) is 474 Å². The van der Waals surface area contributed by atoms with Gasteiger partial charge in [-0.1, -0.05) is 113 Å². The van der Waals surface area contributed by atoms with Crippen LogP contribution < -0.4 is 48.5 Å². The molecule has 8 atom stereocenters. The number of carbonyl (C=O) groups is 13. The molecular weight excluding hydrogens is 1400 g/mol. The molecule has 0 aliphatic heterocycles. The number of rotatable bonds is 48. The molecule has 0 spiro atoms. The number of aromatic nitrogens is 1. The van der Waals surface area contributed by atoms with Crippen LogP contribution in [-0.4, -0.2) is 182 Å². The number of ketones is 3. The predicted molar refractivity (Wildman–Crippen MR) is 379 cm³/mol. The third kappa shape index (κ3) is 26.9. The number of alkyl carbamates (subject to hydrolysis) is 1. The molecule has 0 fully saturated rings. The van der Waals surface area contributed by atoms with Gasteiger partial charge in [0.2, 0.25) is 17.7 Å². The summed E-state index contributed by atoms with van der Waals surface area (Å²) in [5.74, 6) is -12.0. The Morgan fingerprint density at radius 3 is 2.00 bits per heavy atom. The molecule has 0 unspecified atom stereocenters. The largest absolute Gasteiger partial charge is 0.481 e. The molecule has 4 aromatic carbocycles. The van der Waals surface area contributed by atoms with Crippen LogP contribution in [0.3, 0.4) is 0 Å². The third-order valence-electron chi connectivity index (χ3n) is 16.8. The molecule has 6 amide bonds. The molecule has 0 radical (unpaired) electrons. The summed E-state index contributed by atoms with van der Waals surface area (Å²) >= 11 is 0. The van der Waals surface area contributed by atoms with Crippen molar-refractivity contribution in [3.8, 4) is 11.3 Å². The minimum atomic E-state index is -1.71. The number of unbranched alkanes of at least 4 members (excludes halogenated alkanes) is 3. The summed E-state index contributed by atoms with van der Waals surface area (Å²) in [5, 5.41) is 68.2. The molecule has 5 aromatic rings.